The largest absolute Gasteiger partial charge is 0.390 e. The number of aliphatic hydroxyl groups excluding tert-OH is 1. The maximum Gasteiger partial charge on any atom is 0.248 e. The van der Waals surface area contributed by atoms with Gasteiger partial charge in [-0.25, -0.2) is 4.68 Å². The summed E-state index contributed by atoms with van der Waals surface area (Å²) in [5.41, 5.74) is 1.90. The fourth-order valence-electron chi connectivity index (χ4n) is 5.35. The lowest BCUT2D eigenvalue weighted by Gasteiger charge is -2.52. The number of halogens is 1. The topological polar surface area (TPSA) is 90.7 Å². The van der Waals surface area contributed by atoms with E-state index in [9.17, 15) is 14.7 Å². The van der Waals surface area contributed by atoms with Crippen LogP contribution in [0.25, 0.3) is 5.69 Å². The molecule has 0 bridgehead atoms. The number of rotatable bonds is 8. The van der Waals surface area contributed by atoms with E-state index in [1.807, 2.05) is 51.1 Å². The van der Waals surface area contributed by atoms with Crippen LogP contribution in [-0.2, 0) is 16.1 Å². The Labute approximate surface area is 218 Å². The van der Waals surface area contributed by atoms with Crippen molar-refractivity contribution in [1.29, 1.82) is 0 Å². The first-order valence-electron chi connectivity index (χ1n) is 13.0. The zero-order valence-electron chi connectivity index (χ0n) is 21.7. The van der Waals surface area contributed by atoms with Gasteiger partial charge in [0.15, 0.2) is 0 Å². The summed E-state index contributed by atoms with van der Waals surface area (Å²) in [4.78, 5) is 31.0. The number of carbonyl (C=O) groups excluding carboxylic acids is 2. The molecule has 1 spiro atoms. The Kier molecular flexibility index (Phi) is 8.07. The van der Waals surface area contributed by atoms with Gasteiger partial charge in [0.05, 0.1) is 17.5 Å². The third kappa shape index (κ3) is 4.91. The monoisotopic (exact) mass is 515 g/mol. The number of nitrogens with one attached hydrogen (secondary N) is 1. The maximum absolute atomic E-state index is 13.5. The van der Waals surface area contributed by atoms with Gasteiger partial charge < -0.3 is 15.3 Å². The molecule has 2 fully saturated rings. The number of nitrogens with zero attached hydrogens (tertiary/aromatic N) is 4. The molecule has 0 unspecified atom stereocenters. The molecule has 9 heteroatoms. The number of piperazine rings is 1. The van der Waals surface area contributed by atoms with E-state index >= 15 is 0 Å². The molecule has 4 rings (SSSR count). The van der Waals surface area contributed by atoms with E-state index in [0.29, 0.717) is 44.2 Å². The van der Waals surface area contributed by atoms with Crippen molar-refractivity contribution in [2.75, 3.05) is 19.6 Å². The van der Waals surface area contributed by atoms with Gasteiger partial charge in [0.1, 0.15) is 16.7 Å². The second kappa shape index (κ2) is 10.9. The average Bonchev–Trinajstić information content (AvgIpc) is 3.15. The highest BCUT2D eigenvalue weighted by Gasteiger charge is 2.54. The van der Waals surface area contributed by atoms with Crippen molar-refractivity contribution in [3.63, 3.8) is 0 Å². The standard InChI is InChI=1S/C27H38ClN5O3/c1-5-6-14-32-25(35)22(23(34)18(2)3)29-26(36)27(32)12-15-31(16-13-27)17-21-19(4)30-33(24(21)28)20-10-8-7-9-11-20/h7-11,18,22-23,34H,5-6,12-17H2,1-4H3,(H,29,36)/t22-,23-/m1/s1. The van der Waals surface area contributed by atoms with Crippen LogP contribution in [0.1, 0.15) is 57.7 Å². The number of para-hydroxylation sites is 1. The number of aliphatic hydroxyl groups is 1. The summed E-state index contributed by atoms with van der Waals surface area (Å²) in [5, 5.41) is 18.8. The summed E-state index contributed by atoms with van der Waals surface area (Å²) in [6, 6.07) is 8.93. The Morgan fingerprint density at radius 3 is 2.47 bits per heavy atom. The molecule has 2 aromatic rings. The molecule has 0 radical (unpaired) electrons. The highest BCUT2D eigenvalue weighted by atomic mass is 35.5. The minimum absolute atomic E-state index is 0.132. The number of piperidine rings is 1. The first-order chi connectivity index (χ1) is 17.2. The molecular formula is C27H38ClN5O3. The third-order valence-corrected chi connectivity index (χ3v) is 8.09. The molecule has 0 aliphatic carbocycles. The Morgan fingerprint density at radius 1 is 1.19 bits per heavy atom. The molecule has 3 heterocycles. The summed E-state index contributed by atoms with van der Waals surface area (Å²) in [7, 11) is 0. The third-order valence-electron chi connectivity index (χ3n) is 7.71. The van der Waals surface area contributed by atoms with Gasteiger partial charge in [0.25, 0.3) is 0 Å². The summed E-state index contributed by atoms with van der Waals surface area (Å²) < 4.78 is 1.76. The van der Waals surface area contributed by atoms with Crippen LogP contribution >= 0.6 is 11.6 Å². The summed E-state index contributed by atoms with van der Waals surface area (Å²) in [5.74, 6) is -0.442. The smallest absolute Gasteiger partial charge is 0.248 e. The highest BCUT2D eigenvalue weighted by molar-refractivity contribution is 6.30. The number of hydrogen-bond donors (Lipinski definition) is 2. The van der Waals surface area contributed by atoms with Gasteiger partial charge in [-0.2, -0.15) is 5.10 Å². The molecule has 2 amide bonds. The van der Waals surface area contributed by atoms with Crippen LogP contribution in [0, 0.1) is 12.8 Å². The summed E-state index contributed by atoms with van der Waals surface area (Å²) in [6.07, 6.45) is 1.93. The minimum Gasteiger partial charge on any atom is -0.390 e. The van der Waals surface area contributed by atoms with Gasteiger partial charge >= 0.3 is 0 Å². The fourth-order valence-corrected chi connectivity index (χ4v) is 5.68. The maximum atomic E-state index is 13.5. The van der Waals surface area contributed by atoms with Crippen LogP contribution in [0.3, 0.4) is 0 Å². The lowest BCUT2D eigenvalue weighted by Crippen LogP contribution is -2.74. The number of carbonyl (C=O) groups is 2. The average molecular weight is 516 g/mol. The lowest BCUT2D eigenvalue weighted by atomic mass is 9.80. The first-order valence-corrected chi connectivity index (χ1v) is 13.4. The van der Waals surface area contributed by atoms with Crippen LogP contribution in [0.5, 0.6) is 0 Å². The van der Waals surface area contributed by atoms with Gasteiger partial charge in [-0.15, -0.1) is 0 Å². The van der Waals surface area contributed by atoms with Gasteiger partial charge in [0, 0.05) is 31.7 Å². The Hall–Kier alpha value is -2.42. The quantitative estimate of drug-likeness (QED) is 0.563. The molecule has 0 saturated carbocycles. The van der Waals surface area contributed by atoms with Crippen LogP contribution < -0.4 is 5.32 Å². The number of amides is 2. The summed E-state index contributed by atoms with van der Waals surface area (Å²) >= 11 is 6.75. The minimum atomic E-state index is -0.908. The summed E-state index contributed by atoms with van der Waals surface area (Å²) in [6.45, 7) is 10.2. The van der Waals surface area contributed by atoms with Crippen molar-refractivity contribution in [2.45, 2.75) is 77.6 Å². The van der Waals surface area contributed by atoms with E-state index < -0.39 is 17.7 Å². The Morgan fingerprint density at radius 2 is 1.86 bits per heavy atom. The van der Waals surface area contributed by atoms with Crippen molar-refractivity contribution in [3.05, 3.63) is 46.7 Å². The molecule has 196 valence electrons. The number of likely N-dealkylation sites (tertiary alicyclic amines) is 1. The van der Waals surface area contributed by atoms with Crippen molar-refractivity contribution < 1.29 is 14.7 Å². The van der Waals surface area contributed by atoms with E-state index in [1.54, 1.807) is 9.58 Å². The van der Waals surface area contributed by atoms with Crippen LogP contribution in [-0.4, -0.2) is 73.8 Å². The van der Waals surface area contributed by atoms with Crippen LogP contribution in [0.15, 0.2) is 30.3 Å². The van der Waals surface area contributed by atoms with Gasteiger partial charge in [-0.1, -0.05) is 57.0 Å². The molecule has 2 atom stereocenters. The predicted octanol–water partition coefficient (Wildman–Crippen LogP) is 3.31. The van der Waals surface area contributed by atoms with Gasteiger partial charge in [-0.3, -0.25) is 14.5 Å². The number of benzene rings is 1. The molecule has 8 nitrogen and oxygen atoms in total. The second-order valence-electron chi connectivity index (χ2n) is 10.4. The first kappa shape index (κ1) is 26.6. The number of hydrogen-bond acceptors (Lipinski definition) is 5. The van der Waals surface area contributed by atoms with E-state index in [2.05, 4.69) is 22.2 Å². The molecule has 2 aliphatic rings. The van der Waals surface area contributed by atoms with E-state index in [1.165, 1.54) is 0 Å². The van der Waals surface area contributed by atoms with Crippen molar-refractivity contribution in [1.82, 2.24) is 24.9 Å². The van der Waals surface area contributed by atoms with Crippen molar-refractivity contribution >= 4 is 23.4 Å². The fraction of sp³-hybridized carbons (Fsp3) is 0.593. The molecular weight excluding hydrogens is 478 g/mol. The molecule has 2 N–H and O–H groups in total. The Balaban J connectivity index is 1.51. The van der Waals surface area contributed by atoms with Crippen molar-refractivity contribution in [3.8, 4) is 5.69 Å². The molecule has 1 aromatic heterocycles. The number of aromatic nitrogens is 2. The number of unbranched alkanes of at least 4 members (excludes halogenated alkanes) is 1. The van der Waals surface area contributed by atoms with E-state index in [-0.39, 0.29) is 17.7 Å². The van der Waals surface area contributed by atoms with E-state index in [0.717, 1.165) is 29.8 Å². The predicted molar refractivity (Wildman–Crippen MR) is 140 cm³/mol. The molecule has 2 aliphatic heterocycles. The van der Waals surface area contributed by atoms with Crippen LogP contribution in [0.2, 0.25) is 5.15 Å². The SMILES string of the molecule is CCCCN1C(=O)[C@@H]([C@H](O)C(C)C)NC(=O)C12CCN(Cc1c(C)nn(-c3ccccc3)c1Cl)CC2. The highest BCUT2D eigenvalue weighted by Crippen LogP contribution is 2.35. The zero-order valence-corrected chi connectivity index (χ0v) is 22.5. The van der Waals surface area contributed by atoms with Gasteiger partial charge in [-0.05, 0) is 44.2 Å². The molecule has 1 aromatic carbocycles. The van der Waals surface area contributed by atoms with E-state index in [4.69, 9.17) is 11.6 Å². The normalized spacial score (nSPS) is 21.3. The number of aryl methyl sites for hydroxylation is 1. The zero-order chi connectivity index (χ0) is 26.0. The Bertz CT molecular complexity index is 1080. The van der Waals surface area contributed by atoms with Crippen LogP contribution in [0.4, 0.5) is 0 Å². The van der Waals surface area contributed by atoms with Crippen molar-refractivity contribution in [2.24, 2.45) is 5.92 Å². The second-order valence-corrected chi connectivity index (χ2v) is 10.8. The molecule has 2 saturated heterocycles. The molecule has 36 heavy (non-hydrogen) atoms. The lowest BCUT2D eigenvalue weighted by molar-refractivity contribution is -0.165. The van der Waals surface area contributed by atoms with Gasteiger partial charge in [0.2, 0.25) is 11.8 Å².